The van der Waals surface area contributed by atoms with Gasteiger partial charge in [0.1, 0.15) is 36.6 Å². The number of hydrogen-bond donors (Lipinski definition) is 0. The molecular weight excluding hydrogens is 544 g/mol. The van der Waals surface area contributed by atoms with E-state index in [2.05, 4.69) is 69.3 Å². The Hall–Kier alpha value is -1.70. The van der Waals surface area contributed by atoms with E-state index in [1.165, 1.54) is 10.4 Å². The fraction of sp³-hybridized carbons (Fsp3) is 0.613. The lowest BCUT2D eigenvalue weighted by Crippen LogP contribution is -2.67. The Kier molecular flexibility index (Phi) is 11.1. The van der Waals surface area contributed by atoms with Crippen molar-refractivity contribution in [2.75, 3.05) is 48.8 Å². The number of hydrogen-bond acceptors (Lipinski definition) is 9. The average molecular weight is 591 g/mol. The van der Waals surface area contributed by atoms with Gasteiger partial charge in [0.15, 0.2) is 12.6 Å². The maximum Gasteiger partial charge on any atom is 0.261 e. The Morgan fingerprint density at radius 2 is 1.10 bits per heavy atom. The Balaban J connectivity index is 1.66. The van der Waals surface area contributed by atoms with Crippen LogP contribution in [0.5, 0.6) is 0 Å². The zero-order chi connectivity index (χ0) is 29.6. The van der Waals surface area contributed by atoms with Crippen LogP contribution >= 0.6 is 0 Å². The van der Waals surface area contributed by atoms with Crippen LogP contribution in [0.1, 0.15) is 20.8 Å². The molecule has 0 amide bonds. The minimum Gasteiger partial charge on any atom is -0.405 e. The molecule has 8 atom stereocenters. The molecule has 0 saturated carbocycles. The predicted molar refractivity (Wildman–Crippen MR) is 157 cm³/mol. The highest BCUT2D eigenvalue weighted by atomic mass is 28.4. The van der Waals surface area contributed by atoms with E-state index in [0.717, 1.165) is 0 Å². The van der Waals surface area contributed by atoms with Crippen molar-refractivity contribution in [1.29, 1.82) is 0 Å². The van der Waals surface area contributed by atoms with Crippen LogP contribution in [0.2, 0.25) is 5.04 Å². The second kappa shape index (κ2) is 14.2. The number of benzene rings is 2. The third-order valence-corrected chi connectivity index (χ3v) is 13.1. The summed E-state index contributed by atoms with van der Waals surface area (Å²) in [6.45, 7) is 7.34. The molecule has 2 aromatic carbocycles. The van der Waals surface area contributed by atoms with E-state index in [0.29, 0.717) is 6.61 Å². The van der Waals surface area contributed by atoms with E-state index in [9.17, 15) is 0 Å². The summed E-state index contributed by atoms with van der Waals surface area (Å²) in [4.78, 5) is 0. The van der Waals surface area contributed by atoms with Crippen molar-refractivity contribution in [3.8, 4) is 0 Å². The Morgan fingerprint density at radius 1 is 0.610 bits per heavy atom. The van der Waals surface area contributed by atoms with Crippen molar-refractivity contribution in [3.63, 3.8) is 0 Å². The molecule has 41 heavy (non-hydrogen) atoms. The first-order chi connectivity index (χ1) is 19.7. The Bertz CT molecular complexity index is 1010. The first-order valence-electron chi connectivity index (χ1n) is 14.1. The normalized spacial score (nSPS) is 30.6. The molecule has 2 aliphatic rings. The van der Waals surface area contributed by atoms with Crippen LogP contribution in [0.15, 0.2) is 60.7 Å². The van der Waals surface area contributed by atoms with E-state index in [1.54, 1.807) is 35.5 Å². The fourth-order valence-corrected chi connectivity index (χ4v) is 10.8. The summed E-state index contributed by atoms with van der Waals surface area (Å²) < 4.78 is 54.8. The molecule has 0 aliphatic carbocycles. The zero-order valence-corrected chi connectivity index (χ0v) is 26.5. The molecule has 0 bridgehead atoms. The number of ether oxygens (including phenoxy) is 8. The van der Waals surface area contributed by atoms with Crippen LogP contribution in [0.25, 0.3) is 0 Å². The fourth-order valence-electron chi connectivity index (χ4n) is 6.18. The van der Waals surface area contributed by atoms with Gasteiger partial charge < -0.3 is 42.3 Å². The lowest BCUT2D eigenvalue weighted by atomic mass is 10.1. The SMILES string of the molecule is COC[C@@H]1O[C@@H](O[C@@H]2[C@H](OC)[C@@H](OC)O[C@@H]2CO[Si](c2ccccc2)(c2ccccc2)C(C)(C)C)[C@H](OC)[C@H]1OC. The van der Waals surface area contributed by atoms with Gasteiger partial charge in [-0.25, -0.2) is 0 Å². The van der Waals surface area contributed by atoms with Gasteiger partial charge in [-0.1, -0.05) is 81.4 Å². The summed E-state index contributed by atoms with van der Waals surface area (Å²) in [6.07, 6.45) is -4.16. The minimum absolute atomic E-state index is 0.194. The highest BCUT2D eigenvalue weighted by molar-refractivity contribution is 6.99. The van der Waals surface area contributed by atoms with E-state index in [4.69, 9.17) is 42.3 Å². The van der Waals surface area contributed by atoms with Gasteiger partial charge in [0.25, 0.3) is 8.32 Å². The Morgan fingerprint density at radius 3 is 1.56 bits per heavy atom. The van der Waals surface area contributed by atoms with Crippen LogP contribution in [-0.4, -0.2) is 106 Å². The molecule has 0 spiro atoms. The molecule has 2 heterocycles. The summed E-state index contributed by atoms with van der Waals surface area (Å²) in [7, 11) is 5.26. The molecule has 0 unspecified atom stereocenters. The molecule has 2 aromatic rings. The van der Waals surface area contributed by atoms with Crippen molar-refractivity contribution in [1.82, 2.24) is 0 Å². The molecule has 0 N–H and O–H groups in total. The van der Waals surface area contributed by atoms with Crippen LogP contribution in [-0.2, 0) is 42.3 Å². The summed E-state index contributed by atoms with van der Waals surface area (Å²) in [6, 6.07) is 21.0. The average Bonchev–Trinajstić information content (AvgIpc) is 3.50. The van der Waals surface area contributed by atoms with Gasteiger partial charge in [-0.2, -0.15) is 0 Å². The van der Waals surface area contributed by atoms with Crippen molar-refractivity contribution in [2.45, 2.75) is 75.0 Å². The van der Waals surface area contributed by atoms with E-state index >= 15 is 0 Å². The molecule has 2 fully saturated rings. The van der Waals surface area contributed by atoms with E-state index in [-0.39, 0.29) is 23.9 Å². The van der Waals surface area contributed by atoms with Gasteiger partial charge in [0, 0.05) is 35.5 Å². The summed E-state index contributed by atoms with van der Waals surface area (Å²) >= 11 is 0. The molecule has 9 nitrogen and oxygen atoms in total. The highest BCUT2D eigenvalue weighted by Crippen LogP contribution is 2.39. The quantitative estimate of drug-likeness (QED) is 0.327. The maximum atomic E-state index is 7.19. The molecule has 2 aliphatic heterocycles. The van der Waals surface area contributed by atoms with Gasteiger partial charge in [0.05, 0.1) is 13.2 Å². The number of rotatable bonds is 13. The summed E-state index contributed by atoms with van der Waals surface area (Å²) in [5.41, 5.74) is 0. The van der Waals surface area contributed by atoms with Gasteiger partial charge in [-0.3, -0.25) is 0 Å². The van der Waals surface area contributed by atoms with Crippen LogP contribution in [0, 0.1) is 0 Å². The minimum atomic E-state index is -2.82. The highest BCUT2D eigenvalue weighted by Gasteiger charge is 2.55. The molecule has 0 radical (unpaired) electrons. The van der Waals surface area contributed by atoms with Crippen molar-refractivity contribution in [2.24, 2.45) is 0 Å². The smallest absolute Gasteiger partial charge is 0.261 e. The van der Waals surface area contributed by atoms with Gasteiger partial charge >= 0.3 is 0 Å². The third kappa shape index (κ3) is 6.47. The lowest BCUT2D eigenvalue weighted by molar-refractivity contribution is -0.221. The van der Waals surface area contributed by atoms with Crippen molar-refractivity contribution < 1.29 is 42.3 Å². The van der Waals surface area contributed by atoms with Crippen molar-refractivity contribution >= 4 is 18.7 Å². The lowest BCUT2D eigenvalue weighted by Gasteiger charge is -2.43. The Labute approximate surface area is 245 Å². The second-order valence-electron chi connectivity index (χ2n) is 11.5. The first kappa shape index (κ1) is 32.2. The molecule has 4 rings (SSSR count). The third-order valence-electron chi connectivity index (χ3n) is 8.09. The van der Waals surface area contributed by atoms with Crippen LogP contribution < -0.4 is 10.4 Å². The molecular formula is C31H46O9Si. The van der Waals surface area contributed by atoms with E-state index < -0.39 is 45.3 Å². The van der Waals surface area contributed by atoms with Gasteiger partial charge in [0.2, 0.25) is 0 Å². The first-order valence-corrected chi connectivity index (χ1v) is 16.0. The topological polar surface area (TPSA) is 83.1 Å². The van der Waals surface area contributed by atoms with Crippen molar-refractivity contribution in [3.05, 3.63) is 60.7 Å². The van der Waals surface area contributed by atoms with Crippen LogP contribution in [0.4, 0.5) is 0 Å². The monoisotopic (exact) mass is 590 g/mol. The molecule has 0 aromatic heterocycles. The molecule has 228 valence electrons. The number of methoxy groups -OCH3 is 5. The second-order valence-corrected chi connectivity index (χ2v) is 15.8. The standard InChI is InChI=1S/C31H46O9Si/c1-31(2,3)41(21-15-11-9-12-16-21,22-17-13-10-14-18-22)37-20-24-26(28(35-7)29(36-8)38-24)40-30-27(34-6)25(33-5)23(39-30)19-32-4/h9-18,23-30H,19-20H2,1-8H3/t23-,24+,25-,26-,27+,28-,29-,30-/m0/s1. The van der Waals surface area contributed by atoms with Gasteiger partial charge in [-0.05, 0) is 15.4 Å². The molecule has 2 saturated heterocycles. The van der Waals surface area contributed by atoms with Gasteiger partial charge in [-0.15, -0.1) is 0 Å². The summed E-state index contributed by atoms with van der Waals surface area (Å²) in [5.74, 6) is 0. The van der Waals surface area contributed by atoms with E-state index in [1.807, 2.05) is 12.1 Å². The molecule has 10 heteroatoms. The summed E-state index contributed by atoms with van der Waals surface area (Å²) in [5, 5.41) is 2.18. The largest absolute Gasteiger partial charge is 0.405 e. The predicted octanol–water partition coefficient (Wildman–Crippen LogP) is 2.74. The van der Waals surface area contributed by atoms with Crippen LogP contribution in [0.3, 0.4) is 0 Å². The maximum absolute atomic E-state index is 7.19. The zero-order valence-electron chi connectivity index (χ0n) is 25.5.